The summed E-state index contributed by atoms with van der Waals surface area (Å²) in [6.07, 6.45) is 1.69. The van der Waals surface area contributed by atoms with E-state index in [2.05, 4.69) is 15.3 Å². The van der Waals surface area contributed by atoms with Crippen LogP contribution in [0.15, 0.2) is 36.5 Å². The largest absolute Gasteiger partial charge is 0.508 e. The summed E-state index contributed by atoms with van der Waals surface area (Å²) in [7, 11) is 3.39. The zero-order valence-electron chi connectivity index (χ0n) is 14.7. The molecule has 0 aliphatic rings. The lowest BCUT2D eigenvalue weighted by molar-refractivity contribution is 0.0743. The molecule has 0 bridgehead atoms. The van der Waals surface area contributed by atoms with Crippen molar-refractivity contribution in [1.82, 2.24) is 24.9 Å². The van der Waals surface area contributed by atoms with E-state index in [0.717, 1.165) is 11.3 Å². The van der Waals surface area contributed by atoms with E-state index in [4.69, 9.17) is 0 Å². The number of hydrogen-bond acceptors (Lipinski definition) is 5. The number of carbonyl (C=O) groups is 2. The van der Waals surface area contributed by atoms with Crippen molar-refractivity contribution in [3.8, 4) is 17.0 Å². The highest BCUT2D eigenvalue weighted by Crippen LogP contribution is 2.21. The summed E-state index contributed by atoms with van der Waals surface area (Å²) in [6.45, 7) is 1.84. The number of hydrogen-bond donors (Lipinski definition) is 2. The molecule has 8 heteroatoms. The number of aromatic nitrogens is 4. The van der Waals surface area contributed by atoms with Crippen LogP contribution in [-0.2, 0) is 7.05 Å². The number of phenols is 1. The first kappa shape index (κ1) is 17.4. The van der Waals surface area contributed by atoms with Gasteiger partial charge in [0.2, 0.25) is 0 Å². The molecule has 0 saturated heterocycles. The molecule has 0 atom stereocenters. The van der Waals surface area contributed by atoms with Crippen LogP contribution in [0.1, 0.15) is 26.5 Å². The molecule has 1 aromatic carbocycles. The lowest BCUT2D eigenvalue weighted by Crippen LogP contribution is -2.32. The Bertz CT molecular complexity index is 956. The Hall–Kier alpha value is -3.42. The van der Waals surface area contributed by atoms with Gasteiger partial charge < -0.3 is 10.0 Å². The summed E-state index contributed by atoms with van der Waals surface area (Å²) >= 11 is 0. The molecular weight excluding hydrogens is 334 g/mol. The monoisotopic (exact) mass is 353 g/mol. The van der Waals surface area contributed by atoms with E-state index in [1.54, 1.807) is 24.0 Å². The van der Waals surface area contributed by atoms with Gasteiger partial charge in [0.15, 0.2) is 5.78 Å². The van der Waals surface area contributed by atoms with Crippen molar-refractivity contribution >= 4 is 11.7 Å². The fraction of sp³-hybridized carbons (Fsp3) is 0.222. The van der Waals surface area contributed by atoms with Crippen LogP contribution in [0.2, 0.25) is 0 Å². The summed E-state index contributed by atoms with van der Waals surface area (Å²) < 4.78 is 1.73. The maximum Gasteiger partial charge on any atom is 0.272 e. The SMILES string of the molecule is Cc1c(-c2cc(C(=O)N(C)CC(=O)c3ccc(O)cc3)[nH]n2)cnn1C. The van der Waals surface area contributed by atoms with E-state index in [1.807, 2.05) is 14.0 Å². The first-order valence-corrected chi connectivity index (χ1v) is 7.99. The molecule has 0 spiro atoms. The predicted molar refractivity (Wildman–Crippen MR) is 94.9 cm³/mol. The van der Waals surface area contributed by atoms with Gasteiger partial charge in [-0.05, 0) is 37.3 Å². The summed E-state index contributed by atoms with van der Waals surface area (Å²) in [5.74, 6) is -0.470. The molecule has 3 aromatic rings. The zero-order valence-corrected chi connectivity index (χ0v) is 14.7. The molecule has 2 N–H and O–H groups in total. The fourth-order valence-electron chi connectivity index (χ4n) is 2.55. The van der Waals surface area contributed by atoms with Crippen molar-refractivity contribution in [1.29, 1.82) is 0 Å². The molecule has 3 rings (SSSR count). The molecule has 0 aliphatic carbocycles. The highest BCUT2D eigenvalue weighted by molar-refractivity contribution is 6.01. The number of aryl methyl sites for hydroxylation is 1. The summed E-state index contributed by atoms with van der Waals surface area (Å²) in [5.41, 5.74) is 3.12. The number of H-pyrrole nitrogens is 1. The van der Waals surface area contributed by atoms with Crippen LogP contribution >= 0.6 is 0 Å². The number of carbonyl (C=O) groups excluding carboxylic acids is 2. The van der Waals surface area contributed by atoms with E-state index in [0.29, 0.717) is 17.0 Å². The van der Waals surface area contributed by atoms with Gasteiger partial charge >= 0.3 is 0 Å². The Morgan fingerprint density at radius 1 is 1.27 bits per heavy atom. The molecular formula is C18H19N5O3. The average Bonchev–Trinajstić information content (AvgIpc) is 3.22. The average molecular weight is 353 g/mol. The van der Waals surface area contributed by atoms with Crippen LogP contribution in [0, 0.1) is 6.92 Å². The van der Waals surface area contributed by atoms with Crippen LogP contribution in [0.4, 0.5) is 0 Å². The first-order chi connectivity index (χ1) is 12.4. The second-order valence-corrected chi connectivity index (χ2v) is 6.07. The molecule has 8 nitrogen and oxygen atoms in total. The number of benzene rings is 1. The van der Waals surface area contributed by atoms with E-state index in [-0.39, 0.29) is 24.0 Å². The first-order valence-electron chi connectivity index (χ1n) is 7.99. The molecule has 0 fully saturated rings. The van der Waals surface area contributed by atoms with Gasteiger partial charge in [-0.25, -0.2) is 0 Å². The van der Waals surface area contributed by atoms with Gasteiger partial charge in [0.25, 0.3) is 5.91 Å². The van der Waals surface area contributed by atoms with Crippen LogP contribution in [-0.4, -0.2) is 55.3 Å². The zero-order chi connectivity index (χ0) is 18.8. The molecule has 1 amide bonds. The number of aromatic amines is 1. The second kappa shape index (κ2) is 6.83. The lowest BCUT2D eigenvalue weighted by Gasteiger charge is -2.15. The van der Waals surface area contributed by atoms with Crippen molar-refractivity contribution in [2.75, 3.05) is 13.6 Å². The summed E-state index contributed by atoms with van der Waals surface area (Å²) in [5, 5.41) is 20.3. The number of phenolic OH excluding ortho intramolecular Hbond substituents is 1. The molecule has 0 saturated carbocycles. The van der Waals surface area contributed by atoms with E-state index >= 15 is 0 Å². The summed E-state index contributed by atoms with van der Waals surface area (Å²) in [4.78, 5) is 26.1. The third-order valence-electron chi connectivity index (χ3n) is 4.24. The lowest BCUT2D eigenvalue weighted by atomic mass is 10.1. The predicted octanol–water partition coefficient (Wildman–Crippen LogP) is 1.78. The third kappa shape index (κ3) is 3.34. The standard InChI is InChI=1S/C18H19N5O3/c1-11-14(9-19-23(11)3)15-8-16(21-20-15)18(26)22(2)10-17(25)12-4-6-13(24)7-5-12/h4-9,24H,10H2,1-3H3,(H,20,21). The number of nitrogens with one attached hydrogen (secondary N) is 1. The Kier molecular flexibility index (Phi) is 4.57. The number of Topliss-reactive ketones (excluding diaryl/α,β-unsaturated/α-hetero) is 1. The molecule has 26 heavy (non-hydrogen) atoms. The maximum absolute atomic E-state index is 12.5. The number of nitrogens with zero attached hydrogens (tertiary/aromatic N) is 4. The van der Waals surface area contributed by atoms with Crippen molar-refractivity contribution in [2.24, 2.45) is 7.05 Å². The molecule has 0 radical (unpaired) electrons. The van der Waals surface area contributed by atoms with E-state index < -0.39 is 0 Å². The minimum atomic E-state index is -0.336. The van der Waals surface area contributed by atoms with Gasteiger partial charge in [-0.15, -0.1) is 0 Å². The Balaban J connectivity index is 1.72. The molecule has 134 valence electrons. The number of rotatable bonds is 5. The Morgan fingerprint density at radius 2 is 1.96 bits per heavy atom. The van der Waals surface area contributed by atoms with Gasteiger partial charge in [0.1, 0.15) is 11.4 Å². The van der Waals surface area contributed by atoms with E-state index in [1.165, 1.54) is 29.2 Å². The topological polar surface area (TPSA) is 104 Å². The minimum absolute atomic E-state index is 0.0795. The van der Waals surface area contributed by atoms with Gasteiger partial charge in [-0.1, -0.05) is 0 Å². The van der Waals surface area contributed by atoms with Crippen molar-refractivity contribution < 1.29 is 14.7 Å². The molecule has 0 unspecified atom stereocenters. The van der Waals surface area contributed by atoms with Gasteiger partial charge in [-0.3, -0.25) is 19.4 Å². The number of amides is 1. The Labute approximate surface area is 150 Å². The smallest absolute Gasteiger partial charge is 0.272 e. The minimum Gasteiger partial charge on any atom is -0.508 e. The highest BCUT2D eigenvalue weighted by Gasteiger charge is 2.19. The van der Waals surface area contributed by atoms with Gasteiger partial charge in [0.05, 0.1) is 18.4 Å². The van der Waals surface area contributed by atoms with Crippen LogP contribution in [0.5, 0.6) is 5.75 Å². The van der Waals surface area contributed by atoms with Crippen LogP contribution < -0.4 is 0 Å². The van der Waals surface area contributed by atoms with Crippen molar-refractivity contribution in [3.05, 3.63) is 53.5 Å². The van der Waals surface area contributed by atoms with E-state index in [9.17, 15) is 14.7 Å². The van der Waals surface area contributed by atoms with Crippen LogP contribution in [0.3, 0.4) is 0 Å². The molecule has 2 aromatic heterocycles. The molecule has 0 aliphatic heterocycles. The fourth-order valence-corrected chi connectivity index (χ4v) is 2.55. The third-order valence-corrected chi connectivity index (χ3v) is 4.24. The van der Waals surface area contributed by atoms with Crippen LogP contribution in [0.25, 0.3) is 11.3 Å². The normalized spacial score (nSPS) is 10.7. The number of aromatic hydroxyl groups is 1. The molecule has 2 heterocycles. The number of ketones is 1. The second-order valence-electron chi connectivity index (χ2n) is 6.07. The van der Waals surface area contributed by atoms with Gasteiger partial charge in [-0.2, -0.15) is 10.2 Å². The Morgan fingerprint density at radius 3 is 2.58 bits per heavy atom. The maximum atomic E-state index is 12.5. The van der Waals surface area contributed by atoms with Crippen molar-refractivity contribution in [2.45, 2.75) is 6.92 Å². The quantitative estimate of drug-likeness (QED) is 0.681. The highest BCUT2D eigenvalue weighted by atomic mass is 16.3. The number of likely N-dealkylation sites (N-methyl/N-ethyl adjacent to an activating group) is 1. The summed E-state index contributed by atoms with van der Waals surface area (Å²) in [6, 6.07) is 7.57. The van der Waals surface area contributed by atoms with Gasteiger partial charge in [0, 0.05) is 30.9 Å². The van der Waals surface area contributed by atoms with Crippen molar-refractivity contribution in [3.63, 3.8) is 0 Å².